The Morgan fingerprint density at radius 3 is 2.18 bits per heavy atom. The third-order valence-electron chi connectivity index (χ3n) is 4.33. The summed E-state index contributed by atoms with van der Waals surface area (Å²) in [5, 5.41) is 0. The van der Waals surface area contributed by atoms with Gasteiger partial charge >= 0.3 is 0 Å². The first kappa shape index (κ1) is 17.6. The van der Waals surface area contributed by atoms with Crippen molar-refractivity contribution in [2.45, 2.75) is 82.9 Å². The van der Waals surface area contributed by atoms with Gasteiger partial charge in [0.15, 0.2) is 11.1 Å². The minimum Gasteiger partial charge on any atom is -0.280 e. The van der Waals surface area contributed by atoms with Crippen LogP contribution in [-0.4, -0.2) is 16.5 Å². The van der Waals surface area contributed by atoms with Crippen LogP contribution in [-0.2, 0) is 20.7 Å². The minimum atomic E-state index is -1.60. The quantitative estimate of drug-likeness (QED) is 0.788. The zero-order valence-electron chi connectivity index (χ0n) is 14.2. The van der Waals surface area contributed by atoms with Crippen LogP contribution in [0.5, 0.6) is 0 Å². The molecule has 0 aliphatic heterocycles. The van der Waals surface area contributed by atoms with Crippen LogP contribution in [0.3, 0.4) is 0 Å². The lowest BCUT2D eigenvalue weighted by Gasteiger charge is -2.26. The molecule has 0 heterocycles. The Morgan fingerprint density at radius 2 is 1.68 bits per heavy atom. The van der Waals surface area contributed by atoms with Gasteiger partial charge in [-0.1, -0.05) is 45.7 Å². The van der Waals surface area contributed by atoms with Gasteiger partial charge < -0.3 is 0 Å². The molecule has 4 heteroatoms. The molecule has 1 aliphatic carbocycles. The number of benzene rings is 1. The fourth-order valence-electron chi connectivity index (χ4n) is 2.97. The summed E-state index contributed by atoms with van der Waals surface area (Å²) >= 11 is -1.60. The van der Waals surface area contributed by atoms with E-state index in [0.29, 0.717) is 17.7 Å². The lowest BCUT2D eigenvalue weighted by atomic mass is 9.85. The van der Waals surface area contributed by atoms with Crippen molar-refractivity contribution in [1.29, 1.82) is 0 Å². The van der Waals surface area contributed by atoms with Gasteiger partial charge in [0, 0.05) is 0 Å². The van der Waals surface area contributed by atoms with Crippen molar-refractivity contribution in [1.82, 2.24) is 0 Å². The molecule has 1 aromatic carbocycles. The first-order chi connectivity index (χ1) is 10.2. The molecule has 0 aromatic heterocycles. The number of aryl methyl sites for hydroxylation is 2. The second kappa shape index (κ2) is 6.79. The Morgan fingerprint density at radius 1 is 1.14 bits per heavy atom. The predicted molar refractivity (Wildman–Crippen MR) is 89.3 cm³/mol. The van der Waals surface area contributed by atoms with Crippen LogP contribution in [0.1, 0.15) is 63.1 Å². The highest BCUT2D eigenvalue weighted by Gasteiger charge is 2.29. The molecule has 0 amide bonds. The van der Waals surface area contributed by atoms with Crippen LogP contribution in [0, 0.1) is 13.8 Å². The van der Waals surface area contributed by atoms with Crippen LogP contribution in [0.25, 0.3) is 0 Å². The van der Waals surface area contributed by atoms with Gasteiger partial charge in [0.1, 0.15) is 12.3 Å². The topological polar surface area (TPSA) is 26.3 Å². The molecule has 0 spiro atoms. The molecule has 0 N–H and O–H groups in total. The fourth-order valence-corrected chi connectivity index (χ4v) is 4.15. The smallest absolute Gasteiger partial charge is 0.190 e. The lowest BCUT2D eigenvalue weighted by molar-refractivity contribution is 0.0748. The van der Waals surface area contributed by atoms with E-state index < -0.39 is 23.4 Å². The van der Waals surface area contributed by atoms with Crippen LogP contribution in [0.15, 0.2) is 17.0 Å². The Kier molecular flexibility index (Phi) is 5.44. The summed E-state index contributed by atoms with van der Waals surface area (Å²) in [5.41, 5.74) is 3.16. The highest BCUT2D eigenvalue weighted by atomic mass is 32.2. The van der Waals surface area contributed by atoms with Crippen molar-refractivity contribution in [3.05, 3.63) is 28.8 Å². The normalized spacial score (nSPS) is 24.3. The van der Waals surface area contributed by atoms with E-state index in [1.165, 1.54) is 5.56 Å². The minimum absolute atomic E-state index is 0.0454. The summed E-state index contributed by atoms with van der Waals surface area (Å²) in [5.74, 6) is 0. The molecular weight excluding hydrogens is 299 g/mol. The molecular formula is C18H27FO2S. The van der Waals surface area contributed by atoms with Gasteiger partial charge in [0.05, 0.1) is 4.90 Å². The summed E-state index contributed by atoms with van der Waals surface area (Å²) in [6.45, 7) is 10.4. The molecule has 1 aromatic rings. The molecule has 3 atom stereocenters. The molecule has 0 saturated heterocycles. The molecule has 3 unspecified atom stereocenters. The van der Waals surface area contributed by atoms with Gasteiger partial charge in [-0.3, -0.25) is 4.18 Å². The third kappa shape index (κ3) is 3.96. The third-order valence-corrected chi connectivity index (χ3v) is 5.73. The van der Waals surface area contributed by atoms with Crippen molar-refractivity contribution in [3.63, 3.8) is 0 Å². The molecule has 2 nitrogen and oxygen atoms in total. The number of halogens is 1. The number of hydrogen-bond acceptors (Lipinski definition) is 2. The Labute approximate surface area is 136 Å². The van der Waals surface area contributed by atoms with Crippen molar-refractivity contribution in [2.24, 2.45) is 0 Å². The first-order valence-electron chi connectivity index (χ1n) is 8.05. The van der Waals surface area contributed by atoms with Crippen molar-refractivity contribution < 1.29 is 12.8 Å². The average Bonchev–Trinajstić information content (AvgIpc) is 2.39. The van der Waals surface area contributed by atoms with Crippen LogP contribution < -0.4 is 0 Å². The second-order valence-electron chi connectivity index (χ2n) is 7.36. The first-order valence-corrected chi connectivity index (χ1v) is 9.12. The van der Waals surface area contributed by atoms with Crippen LogP contribution >= 0.6 is 0 Å². The van der Waals surface area contributed by atoms with E-state index in [9.17, 15) is 8.60 Å². The van der Waals surface area contributed by atoms with Crippen molar-refractivity contribution in [3.8, 4) is 0 Å². The zero-order chi connectivity index (χ0) is 16.5. The van der Waals surface area contributed by atoms with Crippen LogP contribution in [0.4, 0.5) is 4.39 Å². The standard InChI is InChI=1S/C18H27FO2S/c1-12-10-14(18(3,4)5)11-13(2)17(12)22(20)21-16-9-7-6-8-15(16)19/h10-11,15-16H,6-9H2,1-5H3. The monoisotopic (exact) mass is 326 g/mol. The van der Waals surface area contributed by atoms with Gasteiger partial charge in [-0.25, -0.2) is 8.60 Å². The van der Waals surface area contributed by atoms with E-state index in [1.54, 1.807) is 0 Å². The van der Waals surface area contributed by atoms with Crippen LogP contribution in [0.2, 0.25) is 0 Å². The van der Waals surface area contributed by atoms with Gasteiger partial charge in [-0.2, -0.15) is 0 Å². The molecule has 22 heavy (non-hydrogen) atoms. The maximum absolute atomic E-state index is 13.9. The fraction of sp³-hybridized carbons (Fsp3) is 0.667. The van der Waals surface area contributed by atoms with Gasteiger partial charge in [0.2, 0.25) is 0 Å². The number of rotatable bonds is 3. The highest BCUT2D eigenvalue weighted by molar-refractivity contribution is 7.80. The molecule has 1 fully saturated rings. The molecule has 0 radical (unpaired) electrons. The van der Waals surface area contributed by atoms with E-state index in [-0.39, 0.29) is 5.41 Å². The molecule has 0 bridgehead atoms. The molecule has 2 rings (SSSR count). The summed E-state index contributed by atoms with van der Waals surface area (Å²) in [6.07, 6.45) is 1.49. The summed E-state index contributed by atoms with van der Waals surface area (Å²) in [4.78, 5) is 0.700. The summed E-state index contributed by atoms with van der Waals surface area (Å²) < 4.78 is 32.0. The highest BCUT2D eigenvalue weighted by Crippen LogP contribution is 2.31. The maximum atomic E-state index is 13.9. The summed E-state index contributed by atoms with van der Waals surface area (Å²) in [6, 6.07) is 4.13. The molecule has 1 aliphatic rings. The largest absolute Gasteiger partial charge is 0.280 e. The Bertz CT molecular complexity index is 540. The Balaban J connectivity index is 2.23. The van der Waals surface area contributed by atoms with E-state index in [0.717, 1.165) is 24.0 Å². The van der Waals surface area contributed by atoms with E-state index in [4.69, 9.17) is 4.18 Å². The van der Waals surface area contributed by atoms with Gasteiger partial charge in [-0.05, 0) is 48.8 Å². The summed E-state index contributed by atoms with van der Waals surface area (Å²) in [7, 11) is 0. The predicted octanol–water partition coefficient (Wildman–Crippen LogP) is 4.92. The van der Waals surface area contributed by atoms with Gasteiger partial charge in [-0.15, -0.1) is 0 Å². The molecule has 124 valence electrons. The van der Waals surface area contributed by atoms with E-state index >= 15 is 0 Å². The number of hydrogen-bond donors (Lipinski definition) is 0. The van der Waals surface area contributed by atoms with E-state index in [1.807, 2.05) is 13.8 Å². The van der Waals surface area contributed by atoms with E-state index in [2.05, 4.69) is 32.9 Å². The van der Waals surface area contributed by atoms with Crippen molar-refractivity contribution >= 4 is 11.1 Å². The SMILES string of the molecule is Cc1cc(C(C)(C)C)cc(C)c1S(=O)OC1CCCCC1F. The lowest BCUT2D eigenvalue weighted by Crippen LogP contribution is -2.30. The average molecular weight is 326 g/mol. The Hall–Kier alpha value is -0.740. The van der Waals surface area contributed by atoms with Crippen molar-refractivity contribution in [2.75, 3.05) is 0 Å². The number of alkyl halides is 1. The zero-order valence-corrected chi connectivity index (χ0v) is 15.1. The second-order valence-corrected chi connectivity index (χ2v) is 8.43. The molecule has 1 saturated carbocycles. The maximum Gasteiger partial charge on any atom is 0.190 e. The van der Waals surface area contributed by atoms with Gasteiger partial charge in [0.25, 0.3) is 0 Å².